The number of hydrogen-bond acceptors (Lipinski definition) is 3. The smallest absolute Gasteiger partial charge is 0.120 e. The van der Waals surface area contributed by atoms with Crippen LogP contribution in [0.15, 0.2) is 22.7 Å². The molecule has 0 heterocycles. The summed E-state index contributed by atoms with van der Waals surface area (Å²) in [6.45, 7) is 1.66. The molecule has 0 saturated carbocycles. The van der Waals surface area contributed by atoms with Crippen molar-refractivity contribution in [3.63, 3.8) is 0 Å². The molecule has 1 rings (SSSR count). The van der Waals surface area contributed by atoms with Gasteiger partial charge < -0.3 is 15.6 Å². The minimum atomic E-state index is -0.575. The topological polar surface area (TPSA) is 55.5 Å². The van der Waals surface area contributed by atoms with Gasteiger partial charge in [0.1, 0.15) is 5.75 Å². The summed E-state index contributed by atoms with van der Waals surface area (Å²) in [7, 11) is 1.60. The van der Waals surface area contributed by atoms with E-state index in [2.05, 4.69) is 15.9 Å². The number of benzene rings is 1. The molecule has 0 saturated heterocycles. The fourth-order valence-corrected chi connectivity index (χ4v) is 1.66. The Morgan fingerprint density at radius 2 is 2.07 bits per heavy atom. The summed E-state index contributed by atoms with van der Waals surface area (Å²) in [5.74, 6) is 0.727. The number of aliphatic hydroxyl groups is 1. The fourth-order valence-electron chi connectivity index (χ4n) is 1.17. The minimum Gasteiger partial charge on any atom is -0.497 e. The van der Waals surface area contributed by atoms with E-state index in [-0.39, 0.29) is 6.04 Å². The first-order chi connectivity index (χ1) is 6.54. The summed E-state index contributed by atoms with van der Waals surface area (Å²) in [6.07, 6.45) is -0.575. The molecular weight excluding hydrogens is 246 g/mol. The van der Waals surface area contributed by atoms with Crippen LogP contribution in [0.5, 0.6) is 5.75 Å². The summed E-state index contributed by atoms with van der Waals surface area (Å²) >= 11 is 3.35. The number of aliphatic hydroxyl groups excluding tert-OH is 1. The highest BCUT2D eigenvalue weighted by Gasteiger charge is 2.13. The van der Waals surface area contributed by atoms with E-state index in [1.54, 1.807) is 14.0 Å². The number of rotatable bonds is 3. The van der Waals surface area contributed by atoms with Crippen LogP contribution in [0, 0.1) is 0 Å². The minimum absolute atomic E-state index is 0.388. The largest absolute Gasteiger partial charge is 0.497 e. The van der Waals surface area contributed by atoms with Gasteiger partial charge in [-0.15, -0.1) is 0 Å². The van der Waals surface area contributed by atoms with Gasteiger partial charge in [0, 0.05) is 4.47 Å². The second-order valence-corrected chi connectivity index (χ2v) is 4.11. The molecule has 2 unspecified atom stereocenters. The molecule has 0 spiro atoms. The molecule has 1 aromatic rings. The van der Waals surface area contributed by atoms with Crippen LogP contribution in [0.3, 0.4) is 0 Å². The number of ether oxygens (including phenoxy) is 1. The van der Waals surface area contributed by atoms with Crippen molar-refractivity contribution in [1.82, 2.24) is 0 Å². The third-order valence-electron chi connectivity index (χ3n) is 2.03. The van der Waals surface area contributed by atoms with Gasteiger partial charge in [-0.05, 0) is 30.7 Å². The van der Waals surface area contributed by atoms with Crippen LogP contribution >= 0.6 is 15.9 Å². The molecule has 0 fully saturated rings. The molecule has 78 valence electrons. The zero-order chi connectivity index (χ0) is 10.7. The van der Waals surface area contributed by atoms with E-state index in [9.17, 15) is 5.11 Å². The molecule has 3 N–H and O–H groups in total. The van der Waals surface area contributed by atoms with Crippen LogP contribution in [0.4, 0.5) is 0 Å². The lowest BCUT2D eigenvalue weighted by atomic mass is 10.0. The Morgan fingerprint density at radius 3 is 2.57 bits per heavy atom. The number of hydrogen-bond donors (Lipinski definition) is 2. The summed E-state index contributed by atoms with van der Waals surface area (Å²) in [5, 5.41) is 9.35. The van der Waals surface area contributed by atoms with Crippen LogP contribution in [0.25, 0.3) is 0 Å². The maximum absolute atomic E-state index is 9.35. The van der Waals surface area contributed by atoms with E-state index in [1.807, 2.05) is 18.2 Å². The second kappa shape index (κ2) is 4.77. The summed E-state index contributed by atoms with van der Waals surface area (Å²) in [5.41, 5.74) is 6.66. The molecule has 3 nitrogen and oxygen atoms in total. The van der Waals surface area contributed by atoms with Crippen LogP contribution in [-0.4, -0.2) is 18.3 Å². The van der Waals surface area contributed by atoms with Crippen molar-refractivity contribution in [3.05, 3.63) is 28.2 Å². The van der Waals surface area contributed by atoms with Gasteiger partial charge in [-0.3, -0.25) is 0 Å². The molecule has 2 atom stereocenters. The van der Waals surface area contributed by atoms with E-state index >= 15 is 0 Å². The van der Waals surface area contributed by atoms with Gasteiger partial charge in [0.15, 0.2) is 0 Å². The standard InChI is InChI=1S/C10H14BrNO2/c1-6(13)10(12)7-3-8(11)5-9(4-7)14-2/h3-6,10,13H,12H2,1-2H3. The van der Waals surface area contributed by atoms with E-state index in [1.165, 1.54) is 0 Å². The summed E-state index contributed by atoms with van der Waals surface area (Å²) in [4.78, 5) is 0. The first kappa shape index (κ1) is 11.5. The Balaban J connectivity index is 3.02. The van der Waals surface area contributed by atoms with Gasteiger partial charge in [0.2, 0.25) is 0 Å². The Hall–Kier alpha value is -0.580. The Kier molecular flexibility index (Phi) is 3.92. The lowest BCUT2D eigenvalue weighted by molar-refractivity contribution is 0.164. The van der Waals surface area contributed by atoms with Crippen molar-refractivity contribution in [2.75, 3.05) is 7.11 Å². The molecule has 0 radical (unpaired) electrons. The van der Waals surface area contributed by atoms with Crippen molar-refractivity contribution in [1.29, 1.82) is 0 Å². The van der Waals surface area contributed by atoms with Crippen LogP contribution < -0.4 is 10.5 Å². The van der Waals surface area contributed by atoms with Crippen molar-refractivity contribution in [3.8, 4) is 5.75 Å². The zero-order valence-electron chi connectivity index (χ0n) is 8.20. The van der Waals surface area contributed by atoms with Gasteiger partial charge in [0.05, 0.1) is 19.3 Å². The highest BCUT2D eigenvalue weighted by molar-refractivity contribution is 9.10. The SMILES string of the molecule is COc1cc(Br)cc(C(N)C(C)O)c1. The molecule has 0 bridgehead atoms. The Bertz CT molecular complexity index is 315. The quantitative estimate of drug-likeness (QED) is 0.871. The van der Waals surface area contributed by atoms with E-state index in [0.717, 1.165) is 15.8 Å². The predicted molar refractivity (Wildman–Crippen MR) is 59.3 cm³/mol. The lowest BCUT2D eigenvalue weighted by Crippen LogP contribution is -2.23. The molecule has 0 aromatic heterocycles. The molecule has 14 heavy (non-hydrogen) atoms. The monoisotopic (exact) mass is 259 g/mol. The number of halogens is 1. The number of methoxy groups -OCH3 is 1. The van der Waals surface area contributed by atoms with Gasteiger partial charge in [-0.1, -0.05) is 15.9 Å². The van der Waals surface area contributed by atoms with E-state index in [4.69, 9.17) is 10.5 Å². The molecule has 0 amide bonds. The van der Waals surface area contributed by atoms with Gasteiger partial charge in [-0.2, -0.15) is 0 Å². The molecule has 0 aliphatic rings. The van der Waals surface area contributed by atoms with Crippen LogP contribution in [0.2, 0.25) is 0 Å². The lowest BCUT2D eigenvalue weighted by Gasteiger charge is -2.16. The fraction of sp³-hybridized carbons (Fsp3) is 0.400. The second-order valence-electron chi connectivity index (χ2n) is 3.19. The molecule has 0 aliphatic carbocycles. The van der Waals surface area contributed by atoms with E-state index < -0.39 is 6.10 Å². The number of nitrogens with two attached hydrogens (primary N) is 1. The molecular formula is C10H14BrNO2. The van der Waals surface area contributed by atoms with Crippen LogP contribution in [0.1, 0.15) is 18.5 Å². The Labute approximate surface area is 92.0 Å². The molecule has 0 aliphatic heterocycles. The highest BCUT2D eigenvalue weighted by Crippen LogP contribution is 2.25. The highest BCUT2D eigenvalue weighted by atomic mass is 79.9. The molecule has 1 aromatic carbocycles. The maximum atomic E-state index is 9.35. The average molecular weight is 260 g/mol. The normalized spacial score (nSPS) is 14.9. The van der Waals surface area contributed by atoms with Gasteiger partial charge in [-0.25, -0.2) is 0 Å². The van der Waals surface area contributed by atoms with Crippen molar-refractivity contribution >= 4 is 15.9 Å². The van der Waals surface area contributed by atoms with Crippen molar-refractivity contribution < 1.29 is 9.84 Å². The average Bonchev–Trinajstić information content (AvgIpc) is 2.15. The van der Waals surface area contributed by atoms with Gasteiger partial charge in [0.25, 0.3) is 0 Å². The van der Waals surface area contributed by atoms with Gasteiger partial charge >= 0.3 is 0 Å². The Morgan fingerprint density at radius 1 is 1.43 bits per heavy atom. The third-order valence-corrected chi connectivity index (χ3v) is 2.49. The predicted octanol–water partition coefficient (Wildman–Crippen LogP) is 1.84. The molecule has 4 heteroatoms. The maximum Gasteiger partial charge on any atom is 0.120 e. The van der Waals surface area contributed by atoms with E-state index in [0.29, 0.717) is 0 Å². The van der Waals surface area contributed by atoms with Crippen molar-refractivity contribution in [2.45, 2.75) is 19.1 Å². The zero-order valence-corrected chi connectivity index (χ0v) is 9.78. The first-order valence-electron chi connectivity index (χ1n) is 4.32. The summed E-state index contributed by atoms with van der Waals surface area (Å²) < 4.78 is 5.99. The van der Waals surface area contributed by atoms with Crippen molar-refractivity contribution in [2.24, 2.45) is 5.73 Å². The third kappa shape index (κ3) is 2.70. The van der Waals surface area contributed by atoms with Crippen LogP contribution in [-0.2, 0) is 0 Å². The first-order valence-corrected chi connectivity index (χ1v) is 5.12. The summed E-state index contributed by atoms with van der Waals surface area (Å²) in [6, 6.07) is 5.15.